The van der Waals surface area contributed by atoms with Gasteiger partial charge in [0, 0.05) is 37.5 Å². The predicted octanol–water partition coefficient (Wildman–Crippen LogP) is 2.82. The highest BCUT2D eigenvalue weighted by Crippen LogP contribution is 2.27. The van der Waals surface area contributed by atoms with Crippen molar-refractivity contribution >= 4 is 17.1 Å². The molecule has 1 N–H and O–H groups in total. The maximum atomic E-state index is 11.9. The van der Waals surface area contributed by atoms with Crippen LogP contribution < -0.4 is 0 Å². The zero-order chi connectivity index (χ0) is 17.2. The number of aromatic amines is 1. The Hall–Kier alpha value is -2.76. The molecule has 1 amide bonds. The van der Waals surface area contributed by atoms with Crippen LogP contribution in [0.15, 0.2) is 36.8 Å². The summed E-state index contributed by atoms with van der Waals surface area (Å²) in [5.74, 6) is 0.695. The highest BCUT2D eigenvalue weighted by molar-refractivity contribution is 5.76. The number of amides is 1. The van der Waals surface area contributed by atoms with Crippen molar-refractivity contribution in [3.05, 3.63) is 42.5 Å². The van der Waals surface area contributed by atoms with Crippen LogP contribution in [0.25, 0.3) is 22.4 Å². The molecule has 0 aromatic carbocycles. The number of nitrogens with one attached hydrogen (secondary N) is 1. The first-order chi connectivity index (χ1) is 12.2. The van der Waals surface area contributed by atoms with Crippen LogP contribution >= 0.6 is 0 Å². The van der Waals surface area contributed by atoms with Gasteiger partial charge in [-0.05, 0) is 37.0 Å². The lowest BCUT2D eigenvalue weighted by atomic mass is 9.98. The summed E-state index contributed by atoms with van der Waals surface area (Å²) in [6, 6.07) is 5.91. The number of hydrogen-bond donors (Lipinski definition) is 1. The van der Waals surface area contributed by atoms with E-state index in [0.29, 0.717) is 12.3 Å². The van der Waals surface area contributed by atoms with Crippen molar-refractivity contribution < 1.29 is 4.79 Å². The quantitative estimate of drug-likeness (QED) is 0.795. The number of aromatic nitrogens is 4. The van der Waals surface area contributed by atoms with Crippen LogP contribution in [0.3, 0.4) is 0 Å². The lowest BCUT2D eigenvalue weighted by Gasteiger charge is -2.16. The predicted molar refractivity (Wildman–Crippen MR) is 95.8 cm³/mol. The lowest BCUT2D eigenvalue weighted by molar-refractivity contribution is -0.129. The van der Waals surface area contributed by atoms with E-state index in [1.165, 1.54) is 0 Å². The molecule has 128 valence electrons. The van der Waals surface area contributed by atoms with Crippen LogP contribution in [0, 0.1) is 5.92 Å². The van der Waals surface area contributed by atoms with Gasteiger partial charge in [0.15, 0.2) is 5.65 Å². The van der Waals surface area contributed by atoms with E-state index in [1.807, 2.05) is 36.4 Å². The molecule has 0 bridgehead atoms. The highest BCUT2D eigenvalue weighted by Gasteiger charge is 2.26. The molecule has 1 atom stereocenters. The van der Waals surface area contributed by atoms with Crippen LogP contribution in [0.2, 0.25) is 0 Å². The molecular formula is C19H21N5O. The Morgan fingerprint density at radius 2 is 2.28 bits per heavy atom. The number of nitrogens with zero attached hydrogens (tertiary/aromatic N) is 4. The number of pyridine rings is 1. The van der Waals surface area contributed by atoms with Crippen LogP contribution in [-0.2, 0) is 11.2 Å². The van der Waals surface area contributed by atoms with Crippen molar-refractivity contribution in [2.75, 3.05) is 13.1 Å². The number of carbonyl (C=O) groups is 1. The fourth-order valence-corrected chi connectivity index (χ4v) is 3.52. The van der Waals surface area contributed by atoms with Crippen molar-refractivity contribution in [2.45, 2.75) is 26.2 Å². The number of carbonyl (C=O) groups excluding carboxylic acids is 1. The third-order valence-electron chi connectivity index (χ3n) is 4.85. The molecule has 0 unspecified atom stereocenters. The molecule has 25 heavy (non-hydrogen) atoms. The molecule has 1 aliphatic rings. The van der Waals surface area contributed by atoms with Gasteiger partial charge in [-0.2, -0.15) is 0 Å². The van der Waals surface area contributed by atoms with Gasteiger partial charge in [-0.1, -0.05) is 6.92 Å². The smallest absolute Gasteiger partial charge is 0.222 e. The molecular weight excluding hydrogens is 314 g/mol. The first-order valence-electron chi connectivity index (χ1n) is 8.76. The van der Waals surface area contributed by atoms with Gasteiger partial charge in [-0.3, -0.25) is 9.78 Å². The van der Waals surface area contributed by atoms with Crippen LogP contribution in [0.1, 0.15) is 25.5 Å². The Bertz CT molecular complexity index is 903. The minimum absolute atomic E-state index is 0.243. The number of likely N-dealkylation sites (tertiary alicyclic amines) is 1. The van der Waals surface area contributed by atoms with E-state index in [2.05, 4.69) is 21.0 Å². The van der Waals surface area contributed by atoms with Crippen LogP contribution in [-0.4, -0.2) is 43.8 Å². The fraction of sp³-hybridized carbons (Fsp3) is 0.368. The number of fused-ring (bicyclic) bond motifs is 1. The first kappa shape index (κ1) is 15.7. The Morgan fingerprint density at radius 3 is 3.16 bits per heavy atom. The van der Waals surface area contributed by atoms with E-state index in [1.54, 1.807) is 6.20 Å². The Morgan fingerprint density at radius 1 is 1.36 bits per heavy atom. The standard InChI is InChI=1S/C19H21N5O/c1-2-18(25)24-9-6-13(12-24)10-16-14(4-3-7-20-16)17-11-22-19-15(23-17)5-8-21-19/h3-5,7-8,11,13H,2,6,9-10,12H2,1H3,(H,21,22)/t13-/m0/s1. The lowest BCUT2D eigenvalue weighted by Crippen LogP contribution is -2.28. The van der Waals surface area contributed by atoms with Gasteiger partial charge in [-0.25, -0.2) is 9.97 Å². The Kier molecular flexibility index (Phi) is 4.17. The molecule has 0 radical (unpaired) electrons. The summed E-state index contributed by atoms with van der Waals surface area (Å²) in [7, 11) is 0. The molecule has 4 rings (SSSR count). The normalized spacial score (nSPS) is 17.3. The maximum absolute atomic E-state index is 11.9. The summed E-state index contributed by atoms with van der Waals surface area (Å²) in [4.78, 5) is 30.7. The fourth-order valence-electron chi connectivity index (χ4n) is 3.52. The second-order valence-corrected chi connectivity index (χ2v) is 6.52. The van der Waals surface area contributed by atoms with E-state index in [-0.39, 0.29) is 5.91 Å². The highest BCUT2D eigenvalue weighted by atomic mass is 16.2. The second-order valence-electron chi connectivity index (χ2n) is 6.52. The molecule has 1 fully saturated rings. The SMILES string of the molecule is CCC(=O)N1CC[C@@H](Cc2ncccc2-c2cnc3[nH]ccc3n2)C1. The van der Waals surface area contributed by atoms with Crippen molar-refractivity contribution in [2.24, 2.45) is 5.92 Å². The maximum Gasteiger partial charge on any atom is 0.222 e. The van der Waals surface area contributed by atoms with E-state index >= 15 is 0 Å². The average Bonchev–Trinajstić information content (AvgIpc) is 3.30. The van der Waals surface area contributed by atoms with E-state index in [0.717, 1.165) is 54.0 Å². The minimum atomic E-state index is 0.243. The van der Waals surface area contributed by atoms with Gasteiger partial charge in [0.2, 0.25) is 5.91 Å². The van der Waals surface area contributed by atoms with Crippen LogP contribution in [0.5, 0.6) is 0 Å². The number of H-pyrrole nitrogens is 1. The van der Waals surface area contributed by atoms with Gasteiger partial charge in [-0.15, -0.1) is 0 Å². The van der Waals surface area contributed by atoms with E-state index in [4.69, 9.17) is 4.98 Å². The molecule has 4 heterocycles. The van der Waals surface area contributed by atoms with Gasteiger partial charge >= 0.3 is 0 Å². The van der Waals surface area contributed by atoms with Gasteiger partial charge in [0.05, 0.1) is 17.6 Å². The molecule has 6 nitrogen and oxygen atoms in total. The van der Waals surface area contributed by atoms with Gasteiger partial charge in [0.25, 0.3) is 0 Å². The van der Waals surface area contributed by atoms with Gasteiger partial charge < -0.3 is 9.88 Å². The minimum Gasteiger partial charge on any atom is -0.345 e. The average molecular weight is 335 g/mol. The molecule has 0 spiro atoms. The summed E-state index contributed by atoms with van der Waals surface area (Å²) < 4.78 is 0. The molecule has 0 saturated carbocycles. The monoisotopic (exact) mass is 335 g/mol. The summed E-state index contributed by atoms with van der Waals surface area (Å²) >= 11 is 0. The Labute approximate surface area is 146 Å². The summed E-state index contributed by atoms with van der Waals surface area (Å²) in [6.07, 6.45) is 7.93. The molecule has 1 aliphatic heterocycles. The van der Waals surface area contributed by atoms with Crippen molar-refractivity contribution in [3.63, 3.8) is 0 Å². The molecule has 0 aliphatic carbocycles. The number of rotatable bonds is 4. The summed E-state index contributed by atoms with van der Waals surface area (Å²) in [6.45, 7) is 3.60. The second kappa shape index (κ2) is 6.63. The molecule has 6 heteroatoms. The number of hydrogen-bond acceptors (Lipinski definition) is 4. The Balaban J connectivity index is 1.58. The topological polar surface area (TPSA) is 74.8 Å². The largest absolute Gasteiger partial charge is 0.345 e. The van der Waals surface area contributed by atoms with Crippen molar-refractivity contribution in [3.8, 4) is 11.3 Å². The summed E-state index contributed by atoms with van der Waals surface area (Å²) in [5, 5.41) is 0. The van der Waals surface area contributed by atoms with Crippen molar-refractivity contribution in [1.82, 2.24) is 24.8 Å². The zero-order valence-corrected chi connectivity index (χ0v) is 14.3. The first-order valence-corrected chi connectivity index (χ1v) is 8.76. The van der Waals surface area contributed by atoms with Crippen LogP contribution in [0.4, 0.5) is 0 Å². The molecule has 3 aromatic rings. The zero-order valence-electron chi connectivity index (χ0n) is 14.3. The van der Waals surface area contributed by atoms with Crippen molar-refractivity contribution in [1.29, 1.82) is 0 Å². The van der Waals surface area contributed by atoms with E-state index < -0.39 is 0 Å². The van der Waals surface area contributed by atoms with E-state index in [9.17, 15) is 4.79 Å². The summed E-state index contributed by atoms with van der Waals surface area (Å²) in [5.41, 5.74) is 4.54. The third kappa shape index (κ3) is 3.12. The molecule has 1 saturated heterocycles. The van der Waals surface area contributed by atoms with Gasteiger partial charge in [0.1, 0.15) is 5.52 Å². The third-order valence-corrected chi connectivity index (χ3v) is 4.85. The molecule has 3 aromatic heterocycles.